The second-order valence-corrected chi connectivity index (χ2v) is 6.09. The molecule has 0 aliphatic carbocycles. The lowest BCUT2D eigenvalue weighted by atomic mass is 9.93. The Morgan fingerprint density at radius 2 is 1.80 bits per heavy atom. The average Bonchev–Trinajstić information content (AvgIpc) is 2.66. The first kappa shape index (κ1) is 18.8. The number of hydrogen-bond donors (Lipinski definition) is 1. The summed E-state index contributed by atoms with van der Waals surface area (Å²) in [4.78, 5) is 12.9. The molecule has 0 saturated heterocycles. The van der Waals surface area contributed by atoms with Crippen LogP contribution in [-0.2, 0) is 4.79 Å². The highest BCUT2D eigenvalue weighted by atomic mass is 16.5. The zero-order chi connectivity index (χ0) is 18.2. The fraction of sp³-hybridized carbons (Fsp3) is 0.381. The Bertz CT molecular complexity index is 685. The summed E-state index contributed by atoms with van der Waals surface area (Å²) in [5.41, 5.74) is 1.95. The summed E-state index contributed by atoms with van der Waals surface area (Å²) in [6.07, 6.45) is 1.77. The zero-order valence-electron chi connectivity index (χ0n) is 15.4. The van der Waals surface area contributed by atoms with Gasteiger partial charge in [-0.2, -0.15) is 0 Å². The summed E-state index contributed by atoms with van der Waals surface area (Å²) in [5, 5.41) is 3.13. The number of carbonyl (C=O) groups is 1. The largest absolute Gasteiger partial charge is 0.497 e. The standard InChI is InChI=1S/C21H27NO3/c1-5-9-18(16-10-7-6-8-11-16)21(23)22-15(2)19-14-17(24-3)12-13-20(19)25-4/h6-8,10-15,18H,5,9H2,1-4H3,(H,22,23). The first-order valence-corrected chi connectivity index (χ1v) is 8.67. The summed E-state index contributed by atoms with van der Waals surface area (Å²) < 4.78 is 10.7. The van der Waals surface area contributed by atoms with Crippen LogP contribution in [0.5, 0.6) is 11.5 Å². The van der Waals surface area contributed by atoms with Crippen LogP contribution in [0.2, 0.25) is 0 Å². The van der Waals surface area contributed by atoms with Crippen LogP contribution in [0.15, 0.2) is 48.5 Å². The van der Waals surface area contributed by atoms with Crippen molar-refractivity contribution >= 4 is 5.91 Å². The quantitative estimate of drug-likeness (QED) is 0.771. The lowest BCUT2D eigenvalue weighted by Gasteiger charge is -2.22. The summed E-state index contributed by atoms with van der Waals surface area (Å²) in [6, 6.07) is 15.4. The Balaban J connectivity index is 2.20. The highest BCUT2D eigenvalue weighted by Gasteiger charge is 2.23. The molecular weight excluding hydrogens is 314 g/mol. The molecule has 4 nitrogen and oxygen atoms in total. The number of hydrogen-bond acceptors (Lipinski definition) is 3. The molecule has 4 heteroatoms. The SMILES string of the molecule is CCCC(C(=O)NC(C)c1cc(OC)ccc1OC)c1ccccc1. The molecule has 0 aromatic heterocycles. The first-order chi connectivity index (χ1) is 12.1. The van der Waals surface area contributed by atoms with E-state index in [1.165, 1.54) is 0 Å². The van der Waals surface area contributed by atoms with Crippen molar-refractivity contribution in [1.29, 1.82) is 0 Å². The van der Waals surface area contributed by atoms with Gasteiger partial charge in [0.2, 0.25) is 5.91 Å². The first-order valence-electron chi connectivity index (χ1n) is 8.67. The van der Waals surface area contributed by atoms with Crippen molar-refractivity contribution in [1.82, 2.24) is 5.32 Å². The van der Waals surface area contributed by atoms with E-state index in [-0.39, 0.29) is 17.9 Å². The van der Waals surface area contributed by atoms with E-state index in [0.29, 0.717) is 0 Å². The minimum absolute atomic E-state index is 0.0328. The van der Waals surface area contributed by atoms with Gasteiger partial charge in [-0.3, -0.25) is 4.79 Å². The molecule has 2 unspecified atom stereocenters. The van der Waals surface area contributed by atoms with Crippen molar-refractivity contribution in [2.45, 2.75) is 38.6 Å². The van der Waals surface area contributed by atoms with Crippen molar-refractivity contribution in [2.24, 2.45) is 0 Å². The van der Waals surface area contributed by atoms with Gasteiger partial charge >= 0.3 is 0 Å². The van der Waals surface area contributed by atoms with Crippen LogP contribution in [0, 0.1) is 0 Å². The minimum Gasteiger partial charge on any atom is -0.497 e. The summed E-state index contributed by atoms with van der Waals surface area (Å²) >= 11 is 0. The fourth-order valence-electron chi connectivity index (χ4n) is 2.99. The molecule has 25 heavy (non-hydrogen) atoms. The molecule has 2 atom stereocenters. The van der Waals surface area contributed by atoms with E-state index in [4.69, 9.17) is 9.47 Å². The second kappa shape index (κ2) is 9.11. The number of carbonyl (C=O) groups excluding carboxylic acids is 1. The van der Waals surface area contributed by atoms with E-state index in [1.807, 2.05) is 55.5 Å². The van der Waals surface area contributed by atoms with Gasteiger partial charge in [0.1, 0.15) is 11.5 Å². The van der Waals surface area contributed by atoms with Gasteiger partial charge in [0, 0.05) is 5.56 Å². The normalized spacial score (nSPS) is 13.0. The molecule has 0 saturated carbocycles. The van der Waals surface area contributed by atoms with E-state index in [2.05, 4.69) is 12.2 Å². The minimum atomic E-state index is -0.180. The molecule has 0 radical (unpaired) electrons. The topological polar surface area (TPSA) is 47.6 Å². The molecule has 2 aromatic carbocycles. The summed E-state index contributed by atoms with van der Waals surface area (Å²) in [5.74, 6) is 1.36. The molecule has 1 N–H and O–H groups in total. The number of benzene rings is 2. The smallest absolute Gasteiger partial charge is 0.228 e. The molecule has 2 rings (SSSR count). The predicted molar refractivity (Wildman–Crippen MR) is 100 cm³/mol. The molecule has 1 amide bonds. The van der Waals surface area contributed by atoms with Crippen molar-refractivity contribution < 1.29 is 14.3 Å². The van der Waals surface area contributed by atoms with E-state index < -0.39 is 0 Å². The van der Waals surface area contributed by atoms with Crippen LogP contribution in [0.3, 0.4) is 0 Å². The van der Waals surface area contributed by atoms with Gasteiger partial charge in [-0.05, 0) is 37.1 Å². The van der Waals surface area contributed by atoms with Gasteiger partial charge in [-0.15, -0.1) is 0 Å². The Kier molecular flexibility index (Phi) is 6.87. The summed E-state index contributed by atoms with van der Waals surface area (Å²) in [6.45, 7) is 4.06. The molecule has 0 fully saturated rings. The molecule has 134 valence electrons. The van der Waals surface area contributed by atoms with E-state index in [1.54, 1.807) is 14.2 Å². The maximum atomic E-state index is 12.9. The van der Waals surface area contributed by atoms with E-state index in [9.17, 15) is 4.79 Å². The molecular formula is C21H27NO3. The third-order valence-corrected chi connectivity index (χ3v) is 4.36. The maximum Gasteiger partial charge on any atom is 0.228 e. The molecule has 0 aliphatic heterocycles. The van der Waals surface area contributed by atoms with Crippen molar-refractivity contribution in [3.8, 4) is 11.5 Å². The van der Waals surface area contributed by atoms with Crippen LogP contribution in [-0.4, -0.2) is 20.1 Å². The van der Waals surface area contributed by atoms with Crippen LogP contribution in [0.1, 0.15) is 49.8 Å². The number of ether oxygens (including phenoxy) is 2. The lowest BCUT2D eigenvalue weighted by Crippen LogP contribution is -2.32. The van der Waals surface area contributed by atoms with Crippen LogP contribution in [0.4, 0.5) is 0 Å². The van der Waals surface area contributed by atoms with E-state index in [0.717, 1.165) is 35.5 Å². The van der Waals surface area contributed by atoms with Crippen molar-refractivity contribution in [3.63, 3.8) is 0 Å². The van der Waals surface area contributed by atoms with Gasteiger partial charge in [0.25, 0.3) is 0 Å². The molecule has 0 heterocycles. The number of nitrogens with one attached hydrogen (secondary N) is 1. The van der Waals surface area contributed by atoms with Gasteiger partial charge in [0.15, 0.2) is 0 Å². The van der Waals surface area contributed by atoms with E-state index >= 15 is 0 Å². The highest BCUT2D eigenvalue weighted by Crippen LogP contribution is 2.30. The van der Waals surface area contributed by atoms with Gasteiger partial charge < -0.3 is 14.8 Å². The zero-order valence-corrected chi connectivity index (χ0v) is 15.4. The molecule has 2 aromatic rings. The average molecular weight is 341 g/mol. The fourth-order valence-corrected chi connectivity index (χ4v) is 2.99. The van der Waals surface area contributed by atoms with Crippen molar-refractivity contribution in [2.75, 3.05) is 14.2 Å². The molecule has 0 spiro atoms. The second-order valence-electron chi connectivity index (χ2n) is 6.09. The predicted octanol–water partition coefficient (Wildman–Crippen LogP) is 4.46. The lowest BCUT2D eigenvalue weighted by molar-refractivity contribution is -0.123. The maximum absolute atomic E-state index is 12.9. The molecule has 0 bridgehead atoms. The third kappa shape index (κ3) is 4.75. The number of amides is 1. The van der Waals surface area contributed by atoms with Crippen LogP contribution < -0.4 is 14.8 Å². The Hall–Kier alpha value is -2.49. The Morgan fingerprint density at radius 3 is 2.40 bits per heavy atom. The van der Waals surface area contributed by atoms with Crippen molar-refractivity contribution in [3.05, 3.63) is 59.7 Å². The van der Waals surface area contributed by atoms with Crippen LogP contribution in [0.25, 0.3) is 0 Å². The number of methoxy groups -OCH3 is 2. The Labute approximate surface area is 150 Å². The third-order valence-electron chi connectivity index (χ3n) is 4.36. The van der Waals surface area contributed by atoms with Gasteiger partial charge in [-0.1, -0.05) is 43.7 Å². The monoisotopic (exact) mass is 341 g/mol. The Morgan fingerprint density at radius 1 is 1.08 bits per heavy atom. The highest BCUT2D eigenvalue weighted by molar-refractivity contribution is 5.84. The molecule has 0 aliphatic rings. The van der Waals surface area contributed by atoms with Gasteiger partial charge in [0.05, 0.1) is 26.2 Å². The number of rotatable bonds is 8. The van der Waals surface area contributed by atoms with Gasteiger partial charge in [-0.25, -0.2) is 0 Å². The van der Waals surface area contributed by atoms with Crippen LogP contribution >= 0.6 is 0 Å². The summed E-state index contributed by atoms with van der Waals surface area (Å²) in [7, 11) is 3.26.